The van der Waals surface area contributed by atoms with Crippen molar-refractivity contribution in [3.8, 4) is 5.75 Å². The Kier molecular flexibility index (Phi) is 3.00. The van der Waals surface area contributed by atoms with Crippen LogP contribution in [0.4, 0.5) is 0 Å². The van der Waals surface area contributed by atoms with E-state index in [-0.39, 0.29) is 0 Å². The lowest BCUT2D eigenvalue weighted by Crippen LogP contribution is -1.94. The molecule has 14 heavy (non-hydrogen) atoms. The van der Waals surface area contributed by atoms with Crippen LogP contribution >= 0.6 is 0 Å². The highest BCUT2D eigenvalue weighted by molar-refractivity contribution is 5.49. The van der Waals surface area contributed by atoms with Crippen molar-refractivity contribution in [1.29, 1.82) is 0 Å². The van der Waals surface area contributed by atoms with E-state index in [1.807, 2.05) is 26.8 Å². The summed E-state index contributed by atoms with van der Waals surface area (Å²) in [5.41, 5.74) is 5.45. The molecule has 0 radical (unpaired) electrons. The molecule has 0 amide bonds. The number of rotatable bonds is 2. The van der Waals surface area contributed by atoms with Gasteiger partial charge in [0.2, 0.25) is 0 Å². The predicted octanol–water partition coefficient (Wildman–Crippen LogP) is 3.44. The van der Waals surface area contributed by atoms with Crippen molar-refractivity contribution in [2.45, 2.75) is 34.1 Å². The quantitative estimate of drug-likeness (QED) is 0.708. The summed E-state index contributed by atoms with van der Waals surface area (Å²) < 4.78 is 0. The van der Waals surface area contributed by atoms with Crippen LogP contribution in [0.15, 0.2) is 18.2 Å². The number of hydrogen-bond donors (Lipinski definition) is 1. The second-order valence-corrected chi connectivity index (χ2v) is 4.09. The predicted molar refractivity (Wildman–Crippen MR) is 60.8 cm³/mol. The molecule has 0 aromatic heterocycles. The Hall–Kier alpha value is -1.24. The SMILES string of the molecule is C=C(C)Cc1cc(C)c(C)c(C)c1O. The standard InChI is InChI=1S/C13H18O/c1-8(2)6-12-7-9(3)10(4)11(5)13(12)14/h7,14H,1,6H2,2-5H3. The van der Waals surface area contributed by atoms with Crippen LogP contribution < -0.4 is 0 Å². The molecule has 1 N–H and O–H groups in total. The van der Waals surface area contributed by atoms with Crippen LogP contribution in [0.5, 0.6) is 5.75 Å². The van der Waals surface area contributed by atoms with Crippen LogP contribution in [0.1, 0.15) is 29.2 Å². The summed E-state index contributed by atoms with van der Waals surface area (Å²) in [7, 11) is 0. The van der Waals surface area contributed by atoms with Gasteiger partial charge in [-0.2, -0.15) is 0 Å². The molecular weight excluding hydrogens is 172 g/mol. The number of benzene rings is 1. The van der Waals surface area contributed by atoms with Crippen molar-refractivity contribution in [3.05, 3.63) is 40.5 Å². The summed E-state index contributed by atoms with van der Waals surface area (Å²) >= 11 is 0. The van der Waals surface area contributed by atoms with Gasteiger partial charge in [-0.05, 0) is 56.4 Å². The molecule has 0 heterocycles. The van der Waals surface area contributed by atoms with E-state index in [0.29, 0.717) is 5.75 Å². The molecule has 0 saturated heterocycles. The van der Waals surface area contributed by atoms with E-state index in [4.69, 9.17) is 0 Å². The fourth-order valence-electron chi connectivity index (χ4n) is 1.61. The normalized spacial score (nSPS) is 10.3. The Morgan fingerprint density at radius 3 is 2.36 bits per heavy atom. The second-order valence-electron chi connectivity index (χ2n) is 4.09. The summed E-state index contributed by atoms with van der Waals surface area (Å²) in [6, 6.07) is 2.05. The fraction of sp³-hybridized carbons (Fsp3) is 0.385. The van der Waals surface area contributed by atoms with Crippen molar-refractivity contribution in [1.82, 2.24) is 0 Å². The molecule has 0 atom stereocenters. The third-order valence-electron chi connectivity index (χ3n) is 2.70. The largest absolute Gasteiger partial charge is 0.507 e. The van der Waals surface area contributed by atoms with Crippen LogP contribution in [-0.2, 0) is 6.42 Å². The van der Waals surface area contributed by atoms with Gasteiger partial charge in [-0.1, -0.05) is 18.2 Å². The minimum Gasteiger partial charge on any atom is -0.507 e. The van der Waals surface area contributed by atoms with E-state index in [1.165, 1.54) is 11.1 Å². The second kappa shape index (κ2) is 3.87. The van der Waals surface area contributed by atoms with E-state index < -0.39 is 0 Å². The Morgan fingerprint density at radius 1 is 1.29 bits per heavy atom. The maximum absolute atomic E-state index is 9.91. The van der Waals surface area contributed by atoms with Gasteiger partial charge in [0, 0.05) is 0 Å². The topological polar surface area (TPSA) is 20.2 Å². The lowest BCUT2D eigenvalue weighted by atomic mass is 9.96. The average Bonchev–Trinajstić information content (AvgIpc) is 2.10. The van der Waals surface area contributed by atoms with Crippen LogP contribution in [0.3, 0.4) is 0 Å². The first kappa shape index (κ1) is 10.8. The van der Waals surface area contributed by atoms with E-state index in [0.717, 1.165) is 23.1 Å². The summed E-state index contributed by atoms with van der Waals surface area (Å²) in [6.45, 7) is 11.9. The highest BCUT2D eigenvalue weighted by atomic mass is 16.3. The molecule has 1 aromatic carbocycles. The smallest absolute Gasteiger partial charge is 0.122 e. The Labute approximate surface area is 86.1 Å². The number of aryl methyl sites for hydroxylation is 1. The van der Waals surface area contributed by atoms with Crippen molar-refractivity contribution in [2.24, 2.45) is 0 Å². The van der Waals surface area contributed by atoms with Gasteiger partial charge in [0.15, 0.2) is 0 Å². The van der Waals surface area contributed by atoms with Gasteiger partial charge >= 0.3 is 0 Å². The van der Waals surface area contributed by atoms with Gasteiger partial charge in [0.25, 0.3) is 0 Å². The third-order valence-corrected chi connectivity index (χ3v) is 2.70. The molecule has 1 nitrogen and oxygen atoms in total. The monoisotopic (exact) mass is 190 g/mol. The molecule has 0 spiro atoms. The van der Waals surface area contributed by atoms with Gasteiger partial charge in [-0.3, -0.25) is 0 Å². The van der Waals surface area contributed by atoms with E-state index in [2.05, 4.69) is 13.5 Å². The summed E-state index contributed by atoms with van der Waals surface area (Å²) in [6.07, 6.45) is 0.758. The first-order valence-electron chi connectivity index (χ1n) is 4.86. The van der Waals surface area contributed by atoms with Gasteiger partial charge in [-0.15, -0.1) is 0 Å². The third kappa shape index (κ3) is 1.98. The number of allylic oxidation sites excluding steroid dienone is 1. The first-order valence-corrected chi connectivity index (χ1v) is 4.86. The Balaban J connectivity index is 3.25. The minimum absolute atomic E-state index is 0.427. The summed E-state index contributed by atoms with van der Waals surface area (Å²) in [4.78, 5) is 0. The van der Waals surface area contributed by atoms with Crippen LogP contribution in [0, 0.1) is 20.8 Å². The van der Waals surface area contributed by atoms with Crippen LogP contribution in [-0.4, -0.2) is 5.11 Å². The fourth-order valence-corrected chi connectivity index (χ4v) is 1.61. The molecule has 76 valence electrons. The molecule has 0 aliphatic carbocycles. The van der Waals surface area contributed by atoms with Crippen molar-refractivity contribution < 1.29 is 5.11 Å². The zero-order valence-electron chi connectivity index (χ0n) is 9.44. The van der Waals surface area contributed by atoms with Gasteiger partial charge in [0.05, 0.1) is 0 Å². The molecular formula is C13H18O. The highest BCUT2D eigenvalue weighted by Crippen LogP contribution is 2.29. The van der Waals surface area contributed by atoms with Gasteiger partial charge < -0.3 is 5.11 Å². The van der Waals surface area contributed by atoms with E-state index >= 15 is 0 Å². The molecule has 1 rings (SSSR count). The van der Waals surface area contributed by atoms with Crippen molar-refractivity contribution >= 4 is 0 Å². The van der Waals surface area contributed by atoms with E-state index in [1.54, 1.807) is 0 Å². The number of aromatic hydroxyl groups is 1. The Morgan fingerprint density at radius 2 is 1.86 bits per heavy atom. The lowest BCUT2D eigenvalue weighted by Gasteiger charge is -2.12. The van der Waals surface area contributed by atoms with Crippen molar-refractivity contribution in [2.75, 3.05) is 0 Å². The van der Waals surface area contributed by atoms with Gasteiger partial charge in [0.1, 0.15) is 5.75 Å². The van der Waals surface area contributed by atoms with E-state index in [9.17, 15) is 5.11 Å². The molecule has 1 aromatic rings. The van der Waals surface area contributed by atoms with Crippen LogP contribution in [0.25, 0.3) is 0 Å². The molecule has 0 unspecified atom stereocenters. The molecule has 0 aliphatic heterocycles. The highest BCUT2D eigenvalue weighted by Gasteiger charge is 2.09. The lowest BCUT2D eigenvalue weighted by molar-refractivity contribution is 0.464. The number of phenolic OH excluding ortho intramolecular Hbond substituents is 1. The molecule has 0 bridgehead atoms. The first-order chi connectivity index (χ1) is 6.43. The number of hydrogen-bond acceptors (Lipinski definition) is 1. The maximum atomic E-state index is 9.91. The summed E-state index contributed by atoms with van der Waals surface area (Å²) in [5.74, 6) is 0.427. The van der Waals surface area contributed by atoms with Crippen molar-refractivity contribution in [3.63, 3.8) is 0 Å². The Bertz CT molecular complexity index is 375. The molecule has 0 aliphatic rings. The zero-order valence-corrected chi connectivity index (χ0v) is 9.44. The van der Waals surface area contributed by atoms with Crippen LogP contribution in [0.2, 0.25) is 0 Å². The number of phenols is 1. The molecule has 1 heteroatoms. The summed E-state index contributed by atoms with van der Waals surface area (Å²) in [5, 5.41) is 9.91. The average molecular weight is 190 g/mol. The minimum atomic E-state index is 0.427. The zero-order chi connectivity index (χ0) is 10.9. The maximum Gasteiger partial charge on any atom is 0.122 e. The van der Waals surface area contributed by atoms with Gasteiger partial charge in [-0.25, -0.2) is 0 Å². The molecule has 0 fully saturated rings. The molecule has 0 saturated carbocycles.